The van der Waals surface area contributed by atoms with E-state index in [1.165, 1.54) is 0 Å². The van der Waals surface area contributed by atoms with E-state index in [-0.39, 0.29) is 24.0 Å². The Labute approximate surface area is 193 Å². The molecule has 2 heterocycles. The number of furan rings is 1. The van der Waals surface area contributed by atoms with E-state index in [2.05, 4.69) is 20.6 Å². The van der Waals surface area contributed by atoms with Crippen molar-refractivity contribution in [3.8, 4) is 17.4 Å². The number of ether oxygens (including phenoxy) is 2. The topological polar surface area (TPSA) is 80.9 Å². The fourth-order valence-corrected chi connectivity index (χ4v) is 2.60. The number of halogens is 1. The lowest BCUT2D eigenvalue weighted by molar-refractivity contribution is 0.412. The normalized spacial score (nSPS) is 10.8. The van der Waals surface area contributed by atoms with E-state index in [1.807, 2.05) is 55.5 Å². The highest BCUT2D eigenvalue weighted by Gasteiger charge is 2.02. The lowest BCUT2D eigenvalue weighted by Crippen LogP contribution is -2.38. The van der Waals surface area contributed by atoms with Gasteiger partial charge in [0.25, 0.3) is 0 Å². The summed E-state index contributed by atoms with van der Waals surface area (Å²) in [6.07, 6.45) is 4.26. The molecule has 30 heavy (non-hydrogen) atoms. The molecular formula is C22H27IN4O3. The summed E-state index contributed by atoms with van der Waals surface area (Å²) in [7, 11) is 1.63. The summed E-state index contributed by atoms with van der Waals surface area (Å²) in [5.41, 5.74) is 0.996. The molecule has 0 saturated carbocycles. The van der Waals surface area contributed by atoms with E-state index in [4.69, 9.17) is 13.9 Å². The predicted molar refractivity (Wildman–Crippen MR) is 128 cm³/mol. The van der Waals surface area contributed by atoms with E-state index in [9.17, 15) is 0 Å². The van der Waals surface area contributed by atoms with Crippen LogP contribution in [0.3, 0.4) is 0 Å². The maximum absolute atomic E-state index is 5.75. The summed E-state index contributed by atoms with van der Waals surface area (Å²) in [4.78, 5) is 8.96. The number of hydrogen-bond acceptors (Lipinski definition) is 5. The van der Waals surface area contributed by atoms with Gasteiger partial charge in [0.2, 0.25) is 5.88 Å². The number of rotatable bonds is 9. The highest BCUT2D eigenvalue weighted by Crippen LogP contribution is 2.22. The van der Waals surface area contributed by atoms with E-state index in [1.54, 1.807) is 19.6 Å². The predicted octanol–water partition coefficient (Wildman–Crippen LogP) is 4.39. The Morgan fingerprint density at radius 3 is 2.50 bits per heavy atom. The van der Waals surface area contributed by atoms with Crippen molar-refractivity contribution >= 4 is 29.9 Å². The third-order valence-corrected chi connectivity index (χ3v) is 4.09. The number of guanidine groups is 1. The van der Waals surface area contributed by atoms with Crippen LogP contribution in [0.1, 0.15) is 18.2 Å². The lowest BCUT2D eigenvalue weighted by Gasteiger charge is -2.11. The summed E-state index contributed by atoms with van der Waals surface area (Å²) in [6.45, 7) is 4.09. The monoisotopic (exact) mass is 522 g/mol. The fraction of sp³-hybridized carbons (Fsp3) is 0.273. The van der Waals surface area contributed by atoms with Crippen molar-refractivity contribution < 1.29 is 13.9 Å². The summed E-state index contributed by atoms with van der Waals surface area (Å²) >= 11 is 0. The minimum Gasteiger partial charge on any atom is -0.497 e. The third kappa shape index (κ3) is 7.58. The Bertz CT molecular complexity index is 882. The van der Waals surface area contributed by atoms with E-state index >= 15 is 0 Å². The van der Waals surface area contributed by atoms with Crippen molar-refractivity contribution in [1.29, 1.82) is 0 Å². The molecule has 0 saturated heterocycles. The van der Waals surface area contributed by atoms with Crippen molar-refractivity contribution in [2.45, 2.75) is 19.9 Å². The molecule has 0 bridgehead atoms. The van der Waals surface area contributed by atoms with Crippen LogP contribution in [-0.4, -0.2) is 31.1 Å². The maximum atomic E-state index is 5.75. The van der Waals surface area contributed by atoms with Gasteiger partial charge in [-0.05, 0) is 48.9 Å². The minimum atomic E-state index is 0. The van der Waals surface area contributed by atoms with Gasteiger partial charge in [0.1, 0.15) is 17.3 Å². The maximum Gasteiger partial charge on any atom is 0.219 e. The fourth-order valence-electron chi connectivity index (χ4n) is 2.60. The molecule has 3 aromatic rings. The Balaban J connectivity index is 0.00000320. The number of nitrogens with one attached hydrogen (secondary N) is 2. The van der Waals surface area contributed by atoms with Crippen LogP contribution >= 0.6 is 24.0 Å². The molecule has 0 aliphatic heterocycles. The van der Waals surface area contributed by atoms with Crippen molar-refractivity contribution in [2.24, 2.45) is 4.99 Å². The zero-order chi connectivity index (χ0) is 20.3. The molecule has 8 heteroatoms. The van der Waals surface area contributed by atoms with Gasteiger partial charge in [-0.1, -0.05) is 6.07 Å². The summed E-state index contributed by atoms with van der Waals surface area (Å²) in [6, 6.07) is 15.0. The van der Waals surface area contributed by atoms with E-state index in [0.29, 0.717) is 18.2 Å². The molecule has 7 nitrogen and oxygen atoms in total. The second kappa shape index (κ2) is 12.7. The Morgan fingerprint density at radius 1 is 1.07 bits per heavy atom. The second-order valence-corrected chi connectivity index (χ2v) is 6.23. The zero-order valence-corrected chi connectivity index (χ0v) is 19.5. The van der Waals surface area contributed by atoms with Crippen molar-refractivity contribution in [2.75, 3.05) is 20.2 Å². The molecule has 2 aromatic heterocycles. The SMILES string of the molecule is CCNC(=NCc1ccc(Oc2ccc(OC)cc2)nc1)NCCc1ccco1.I. The Morgan fingerprint density at radius 2 is 1.87 bits per heavy atom. The summed E-state index contributed by atoms with van der Waals surface area (Å²) in [5.74, 6) is 3.74. The molecule has 0 atom stereocenters. The average molecular weight is 522 g/mol. The molecule has 3 rings (SSSR count). The van der Waals surface area contributed by atoms with Gasteiger partial charge in [0.15, 0.2) is 5.96 Å². The van der Waals surface area contributed by atoms with Gasteiger partial charge >= 0.3 is 0 Å². The number of benzene rings is 1. The first kappa shape index (κ1) is 23.5. The van der Waals surface area contributed by atoms with Gasteiger partial charge in [0, 0.05) is 31.8 Å². The number of methoxy groups -OCH3 is 1. The van der Waals surface area contributed by atoms with Gasteiger partial charge in [0.05, 0.1) is 19.9 Å². The van der Waals surface area contributed by atoms with Crippen LogP contribution in [-0.2, 0) is 13.0 Å². The average Bonchev–Trinajstić information content (AvgIpc) is 3.27. The second-order valence-electron chi connectivity index (χ2n) is 6.23. The first-order chi connectivity index (χ1) is 14.3. The van der Waals surface area contributed by atoms with Crippen molar-refractivity contribution in [3.05, 3.63) is 72.3 Å². The number of pyridine rings is 1. The van der Waals surface area contributed by atoms with Gasteiger partial charge in [-0.25, -0.2) is 9.98 Å². The molecule has 0 amide bonds. The van der Waals surface area contributed by atoms with Crippen LogP contribution in [0, 0.1) is 0 Å². The van der Waals surface area contributed by atoms with Gasteiger partial charge in [-0.2, -0.15) is 0 Å². The lowest BCUT2D eigenvalue weighted by atomic mass is 10.3. The Hall–Kier alpha value is -2.75. The molecule has 160 valence electrons. The van der Waals surface area contributed by atoms with Crippen LogP contribution in [0.5, 0.6) is 17.4 Å². The molecular weight excluding hydrogens is 495 g/mol. The number of nitrogens with zero attached hydrogens (tertiary/aromatic N) is 2. The van der Waals surface area contributed by atoms with Gasteiger partial charge in [-0.3, -0.25) is 0 Å². The highest BCUT2D eigenvalue weighted by molar-refractivity contribution is 14.0. The Kier molecular flexibility index (Phi) is 9.99. The van der Waals surface area contributed by atoms with Crippen molar-refractivity contribution in [3.63, 3.8) is 0 Å². The standard InChI is InChI=1S/C22H26N4O3.HI/c1-3-23-22(24-13-12-19-5-4-14-28-19)26-16-17-6-11-21(25-15-17)29-20-9-7-18(27-2)8-10-20;/h4-11,14-15H,3,12-13,16H2,1-2H3,(H2,23,24,26);1H. The number of aromatic nitrogens is 1. The van der Waals surface area contributed by atoms with Crippen LogP contribution in [0.25, 0.3) is 0 Å². The zero-order valence-electron chi connectivity index (χ0n) is 17.1. The van der Waals surface area contributed by atoms with Crippen molar-refractivity contribution in [1.82, 2.24) is 15.6 Å². The largest absolute Gasteiger partial charge is 0.497 e. The van der Waals surface area contributed by atoms with Crippen LogP contribution in [0.4, 0.5) is 0 Å². The minimum absolute atomic E-state index is 0. The number of aliphatic imine (C=N–C) groups is 1. The number of hydrogen-bond donors (Lipinski definition) is 2. The molecule has 2 N–H and O–H groups in total. The summed E-state index contributed by atoms with van der Waals surface area (Å²) < 4.78 is 16.2. The molecule has 0 fully saturated rings. The molecule has 0 aliphatic carbocycles. The van der Waals surface area contributed by atoms with E-state index in [0.717, 1.165) is 42.5 Å². The quantitative estimate of drug-likeness (QED) is 0.247. The van der Waals surface area contributed by atoms with E-state index < -0.39 is 0 Å². The molecule has 0 aliphatic rings. The van der Waals surface area contributed by atoms with Crippen LogP contribution < -0.4 is 20.1 Å². The van der Waals surface area contributed by atoms with Gasteiger partial charge < -0.3 is 24.5 Å². The third-order valence-electron chi connectivity index (χ3n) is 4.09. The molecule has 0 radical (unpaired) electrons. The molecule has 0 unspecified atom stereocenters. The molecule has 0 spiro atoms. The first-order valence-corrected chi connectivity index (χ1v) is 9.58. The highest BCUT2D eigenvalue weighted by atomic mass is 127. The van der Waals surface area contributed by atoms with Crippen LogP contribution in [0.15, 0.2) is 70.4 Å². The summed E-state index contributed by atoms with van der Waals surface area (Å²) in [5, 5.41) is 6.55. The molecule has 1 aromatic carbocycles. The smallest absolute Gasteiger partial charge is 0.219 e. The first-order valence-electron chi connectivity index (χ1n) is 9.58. The van der Waals surface area contributed by atoms with Crippen LogP contribution in [0.2, 0.25) is 0 Å². The van der Waals surface area contributed by atoms with Gasteiger partial charge in [-0.15, -0.1) is 24.0 Å².